The van der Waals surface area contributed by atoms with E-state index in [-0.39, 0.29) is 30.6 Å². The van der Waals surface area contributed by atoms with E-state index >= 15 is 0 Å². The molecule has 1 aromatic carbocycles. The molecule has 0 atom stereocenters. The zero-order chi connectivity index (χ0) is 13.0. The molecule has 1 aliphatic heterocycles. The number of hydrogen-bond donors (Lipinski definition) is 0. The average molecular weight is 431 g/mol. The second kappa shape index (κ2) is 9.95. The van der Waals surface area contributed by atoms with E-state index in [0.717, 1.165) is 38.3 Å². The van der Waals surface area contributed by atoms with E-state index in [9.17, 15) is 4.79 Å². The van der Waals surface area contributed by atoms with Crippen LogP contribution in [-0.2, 0) is 0 Å². The molecule has 0 amide bonds. The van der Waals surface area contributed by atoms with Gasteiger partial charge >= 0.3 is 0 Å². The van der Waals surface area contributed by atoms with Gasteiger partial charge in [-0.1, -0.05) is 12.1 Å². The van der Waals surface area contributed by atoms with Crippen molar-refractivity contribution in [3.05, 3.63) is 33.4 Å². The maximum absolute atomic E-state index is 12.0. The molecule has 1 heterocycles. The van der Waals surface area contributed by atoms with Crippen LogP contribution in [0.1, 0.15) is 16.8 Å². The molecule has 3 nitrogen and oxygen atoms in total. The van der Waals surface area contributed by atoms with Crippen molar-refractivity contribution in [3.8, 4) is 0 Å². The van der Waals surface area contributed by atoms with E-state index in [2.05, 4.69) is 39.4 Å². The minimum atomic E-state index is 0. The third-order valence-corrected chi connectivity index (χ3v) is 4.14. The summed E-state index contributed by atoms with van der Waals surface area (Å²) in [6.07, 6.45) is 0.629. The van der Waals surface area contributed by atoms with Crippen LogP contribution in [0.2, 0.25) is 0 Å². The Hall–Kier alpha value is 0.120. The van der Waals surface area contributed by atoms with Crippen LogP contribution in [0.5, 0.6) is 0 Å². The van der Waals surface area contributed by atoms with Gasteiger partial charge in [-0.3, -0.25) is 4.79 Å². The zero-order valence-corrected chi connectivity index (χ0v) is 15.3. The second-order valence-corrected chi connectivity index (χ2v) is 6.07. The van der Waals surface area contributed by atoms with Crippen LogP contribution in [-0.4, -0.2) is 55.4 Å². The summed E-state index contributed by atoms with van der Waals surface area (Å²) in [4.78, 5) is 16.7. The lowest BCUT2D eigenvalue weighted by atomic mass is 10.1. The van der Waals surface area contributed by atoms with Crippen LogP contribution < -0.4 is 0 Å². The maximum atomic E-state index is 12.0. The highest BCUT2D eigenvalue weighted by atomic mass is 127. The Kier molecular flexibility index (Phi) is 10.0. The van der Waals surface area contributed by atoms with E-state index in [1.807, 2.05) is 24.3 Å². The van der Waals surface area contributed by atoms with Crippen molar-refractivity contribution in [1.82, 2.24) is 9.80 Å². The minimum absolute atomic E-state index is 0. The van der Waals surface area contributed by atoms with E-state index in [4.69, 9.17) is 0 Å². The summed E-state index contributed by atoms with van der Waals surface area (Å²) < 4.78 is 1.17. The first-order valence-electron chi connectivity index (χ1n) is 6.35. The number of benzene rings is 1. The summed E-state index contributed by atoms with van der Waals surface area (Å²) in [6.45, 7) is 5.26. The summed E-state index contributed by atoms with van der Waals surface area (Å²) in [5.41, 5.74) is 0.838. The van der Waals surface area contributed by atoms with Gasteiger partial charge in [-0.25, -0.2) is 0 Å². The molecule has 0 N–H and O–H groups in total. The smallest absolute Gasteiger partial charge is 0.164 e. The number of Topliss-reactive ketones (excluding diaryl/α,β-unsaturated/α-hetero) is 1. The minimum Gasteiger partial charge on any atom is -0.304 e. The average Bonchev–Trinajstić information content (AvgIpc) is 2.38. The quantitative estimate of drug-likeness (QED) is 0.542. The highest BCUT2D eigenvalue weighted by Gasteiger charge is 2.15. The molecule has 1 aliphatic rings. The normalized spacial score (nSPS) is 16.1. The number of halogens is 3. The topological polar surface area (TPSA) is 23.6 Å². The van der Waals surface area contributed by atoms with Gasteiger partial charge in [-0.05, 0) is 41.8 Å². The molecule has 114 valence electrons. The van der Waals surface area contributed by atoms with Crippen molar-refractivity contribution in [3.63, 3.8) is 0 Å². The van der Waals surface area contributed by atoms with E-state index in [0.29, 0.717) is 6.42 Å². The number of carbonyl (C=O) groups is 1. The SMILES string of the molecule is CN1CCN(CCC(=O)c2ccc(I)cc2)CC1.Cl.Cl. The number of piperazine rings is 1. The second-order valence-electron chi connectivity index (χ2n) is 4.82. The monoisotopic (exact) mass is 430 g/mol. The zero-order valence-electron chi connectivity index (χ0n) is 11.5. The molecular formula is C14H21Cl2IN2O. The largest absolute Gasteiger partial charge is 0.304 e. The fourth-order valence-corrected chi connectivity index (χ4v) is 2.47. The number of ketones is 1. The Morgan fingerprint density at radius 1 is 1.10 bits per heavy atom. The Labute approximate surface area is 147 Å². The first-order valence-corrected chi connectivity index (χ1v) is 7.43. The highest BCUT2D eigenvalue weighted by Crippen LogP contribution is 2.09. The Bertz CT molecular complexity index is 406. The van der Waals surface area contributed by atoms with Gasteiger partial charge in [0.25, 0.3) is 0 Å². The van der Waals surface area contributed by atoms with Crippen molar-refractivity contribution in [2.45, 2.75) is 6.42 Å². The number of rotatable bonds is 4. The van der Waals surface area contributed by atoms with Crippen molar-refractivity contribution >= 4 is 53.2 Å². The first kappa shape index (κ1) is 20.1. The van der Waals surface area contributed by atoms with Gasteiger partial charge in [-0.2, -0.15) is 0 Å². The summed E-state index contributed by atoms with van der Waals surface area (Å²) in [5.74, 6) is 0.255. The number of likely N-dealkylation sites (N-methyl/N-ethyl adjacent to an activating group) is 1. The molecule has 20 heavy (non-hydrogen) atoms. The van der Waals surface area contributed by atoms with Crippen molar-refractivity contribution in [2.75, 3.05) is 39.8 Å². The summed E-state index contributed by atoms with van der Waals surface area (Å²) >= 11 is 2.25. The van der Waals surface area contributed by atoms with Gasteiger partial charge in [0.05, 0.1) is 0 Å². The third-order valence-electron chi connectivity index (χ3n) is 3.42. The van der Waals surface area contributed by atoms with E-state index < -0.39 is 0 Å². The van der Waals surface area contributed by atoms with Crippen LogP contribution in [0.3, 0.4) is 0 Å². The van der Waals surface area contributed by atoms with Crippen molar-refractivity contribution in [2.24, 2.45) is 0 Å². The summed E-state index contributed by atoms with van der Waals surface area (Å²) in [6, 6.07) is 7.83. The lowest BCUT2D eigenvalue weighted by Crippen LogP contribution is -2.45. The summed E-state index contributed by atoms with van der Waals surface area (Å²) in [7, 11) is 2.15. The number of nitrogens with zero attached hydrogens (tertiary/aromatic N) is 2. The van der Waals surface area contributed by atoms with Gasteiger partial charge in [0.1, 0.15) is 0 Å². The van der Waals surface area contributed by atoms with Gasteiger partial charge < -0.3 is 9.80 Å². The molecule has 0 aromatic heterocycles. The third kappa shape index (κ3) is 6.26. The Morgan fingerprint density at radius 2 is 1.65 bits per heavy atom. The fourth-order valence-electron chi connectivity index (χ4n) is 2.11. The molecule has 6 heteroatoms. The van der Waals surface area contributed by atoms with Crippen LogP contribution in [0, 0.1) is 3.57 Å². The molecule has 0 spiro atoms. The van der Waals surface area contributed by atoms with Crippen LogP contribution >= 0.6 is 47.4 Å². The number of carbonyl (C=O) groups excluding carboxylic acids is 1. The Balaban J connectivity index is 0.00000180. The maximum Gasteiger partial charge on any atom is 0.164 e. The standard InChI is InChI=1S/C14H19IN2O.2ClH/c1-16-8-10-17(11-9-16)7-6-14(18)12-2-4-13(15)5-3-12;;/h2-5H,6-11H2,1H3;2*1H. The fraction of sp³-hybridized carbons (Fsp3) is 0.500. The molecular weight excluding hydrogens is 410 g/mol. The van der Waals surface area contributed by atoms with Gasteiger partial charge in [-0.15, -0.1) is 24.8 Å². The Morgan fingerprint density at radius 3 is 2.20 bits per heavy atom. The van der Waals surface area contributed by atoms with E-state index in [1.165, 1.54) is 3.57 Å². The molecule has 0 radical (unpaired) electrons. The van der Waals surface area contributed by atoms with Gasteiger partial charge in [0.2, 0.25) is 0 Å². The van der Waals surface area contributed by atoms with E-state index in [1.54, 1.807) is 0 Å². The van der Waals surface area contributed by atoms with Crippen LogP contribution in [0.25, 0.3) is 0 Å². The highest BCUT2D eigenvalue weighted by molar-refractivity contribution is 14.1. The van der Waals surface area contributed by atoms with Crippen molar-refractivity contribution < 1.29 is 4.79 Å². The summed E-state index contributed by atoms with van der Waals surface area (Å²) in [5, 5.41) is 0. The molecule has 0 saturated carbocycles. The predicted octanol–water partition coefficient (Wildman–Crippen LogP) is 2.96. The number of hydrogen-bond acceptors (Lipinski definition) is 3. The lowest BCUT2D eigenvalue weighted by Gasteiger charge is -2.32. The molecule has 0 aliphatic carbocycles. The molecule has 1 saturated heterocycles. The molecule has 0 bridgehead atoms. The molecule has 2 rings (SSSR count). The van der Waals surface area contributed by atoms with Gasteiger partial charge in [0, 0.05) is 48.3 Å². The van der Waals surface area contributed by atoms with Crippen LogP contribution in [0.4, 0.5) is 0 Å². The molecule has 0 unspecified atom stereocenters. The molecule has 1 fully saturated rings. The van der Waals surface area contributed by atoms with Crippen molar-refractivity contribution in [1.29, 1.82) is 0 Å². The van der Waals surface area contributed by atoms with Gasteiger partial charge in [0.15, 0.2) is 5.78 Å². The van der Waals surface area contributed by atoms with Crippen LogP contribution in [0.15, 0.2) is 24.3 Å². The molecule has 1 aromatic rings. The lowest BCUT2D eigenvalue weighted by molar-refractivity contribution is 0.0942. The first-order chi connectivity index (χ1) is 8.65. The predicted molar refractivity (Wildman–Crippen MR) is 96.5 cm³/mol.